The van der Waals surface area contributed by atoms with Gasteiger partial charge in [0, 0.05) is 6.42 Å². The first-order valence-electron chi connectivity index (χ1n) is 6.01. The Bertz CT molecular complexity index is 393. The van der Waals surface area contributed by atoms with Crippen LogP contribution in [0.5, 0.6) is 5.75 Å². The van der Waals surface area contributed by atoms with Crippen molar-refractivity contribution in [2.75, 3.05) is 6.61 Å². The van der Waals surface area contributed by atoms with Gasteiger partial charge in [-0.25, -0.2) is 0 Å². The van der Waals surface area contributed by atoms with Crippen LogP contribution in [0.15, 0.2) is 24.3 Å². The number of benzene rings is 1. The molecule has 0 saturated heterocycles. The van der Waals surface area contributed by atoms with E-state index < -0.39 is 25.4 Å². The summed E-state index contributed by atoms with van der Waals surface area (Å²) in [6.45, 7) is -1.36. The maximum absolute atomic E-state index is 11.9. The van der Waals surface area contributed by atoms with E-state index in [1.165, 1.54) is 12.1 Å². The highest BCUT2D eigenvalue weighted by Crippen LogP contribution is 2.23. The summed E-state index contributed by atoms with van der Waals surface area (Å²) in [5.41, 5.74) is 0.770. The fourth-order valence-corrected chi connectivity index (χ4v) is 1.57. The molecule has 0 heterocycles. The second kappa shape index (κ2) is 6.85. The molecule has 0 fully saturated rings. The average molecular weight is 300 g/mol. The molecule has 0 bridgehead atoms. The highest BCUT2D eigenvalue weighted by Gasteiger charge is 2.28. The number of alkyl halides is 6. The van der Waals surface area contributed by atoms with Gasteiger partial charge in [0.15, 0.2) is 6.61 Å². The number of ether oxygens (including phenoxy) is 1. The average Bonchev–Trinajstić information content (AvgIpc) is 2.31. The molecule has 0 amide bonds. The van der Waals surface area contributed by atoms with Crippen LogP contribution in [-0.4, -0.2) is 19.0 Å². The lowest BCUT2D eigenvalue weighted by Crippen LogP contribution is -2.19. The number of rotatable bonds is 6. The summed E-state index contributed by atoms with van der Waals surface area (Å²) < 4.78 is 76.0. The maximum Gasteiger partial charge on any atom is 0.422 e. The van der Waals surface area contributed by atoms with E-state index in [-0.39, 0.29) is 12.2 Å². The van der Waals surface area contributed by atoms with Gasteiger partial charge in [0.2, 0.25) is 0 Å². The molecule has 0 aliphatic heterocycles. The van der Waals surface area contributed by atoms with E-state index in [1.54, 1.807) is 12.1 Å². The summed E-state index contributed by atoms with van der Waals surface area (Å²) in [6, 6.07) is 5.87. The molecule has 0 aromatic heterocycles. The normalized spacial score (nSPS) is 12.5. The Labute approximate surface area is 112 Å². The van der Waals surface area contributed by atoms with Gasteiger partial charge in [-0.15, -0.1) is 0 Å². The topological polar surface area (TPSA) is 9.23 Å². The lowest BCUT2D eigenvalue weighted by atomic mass is 10.1. The second-order valence-corrected chi connectivity index (χ2v) is 4.37. The van der Waals surface area contributed by atoms with Crippen molar-refractivity contribution < 1.29 is 31.1 Å². The van der Waals surface area contributed by atoms with Gasteiger partial charge in [-0.2, -0.15) is 26.3 Å². The fraction of sp³-hybridized carbons (Fsp3) is 0.538. The minimum absolute atomic E-state index is 0.0375. The smallest absolute Gasteiger partial charge is 0.422 e. The van der Waals surface area contributed by atoms with Crippen molar-refractivity contribution >= 4 is 0 Å². The van der Waals surface area contributed by atoms with Gasteiger partial charge in [-0.1, -0.05) is 12.1 Å². The minimum atomic E-state index is -4.39. The molecule has 114 valence electrons. The first kappa shape index (κ1) is 16.7. The molecule has 0 radical (unpaired) electrons. The Balaban J connectivity index is 2.32. The molecule has 7 heteroatoms. The van der Waals surface area contributed by atoms with Gasteiger partial charge in [0.25, 0.3) is 0 Å². The third-order valence-corrected chi connectivity index (χ3v) is 2.50. The summed E-state index contributed by atoms with van der Waals surface area (Å²) in [5, 5.41) is 0. The zero-order chi connectivity index (χ0) is 15.2. The van der Waals surface area contributed by atoms with Crippen LogP contribution in [0.2, 0.25) is 0 Å². The van der Waals surface area contributed by atoms with Crippen molar-refractivity contribution in [1.29, 1.82) is 0 Å². The van der Waals surface area contributed by atoms with E-state index in [1.807, 2.05) is 0 Å². The summed E-state index contributed by atoms with van der Waals surface area (Å²) in [6.07, 6.45) is -8.49. The molecular weight excluding hydrogens is 286 g/mol. The molecule has 0 N–H and O–H groups in total. The van der Waals surface area contributed by atoms with Crippen LogP contribution in [-0.2, 0) is 6.42 Å². The molecule has 0 spiro atoms. The lowest BCUT2D eigenvalue weighted by molar-refractivity contribution is -0.153. The van der Waals surface area contributed by atoms with Gasteiger partial charge in [-0.3, -0.25) is 0 Å². The molecule has 0 atom stereocenters. The molecular formula is C13H14F6O. The Morgan fingerprint density at radius 1 is 0.800 bits per heavy atom. The van der Waals surface area contributed by atoms with E-state index in [9.17, 15) is 26.3 Å². The molecule has 0 unspecified atom stereocenters. The highest BCUT2D eigenvalue weighted by atomic mass is 19.4. The minimum Gasteiger partial charge on any atom is -0.484 e. The molecule has 0 aliphatic rings. The number of aryl methyl sites for hydroxylation is 1. The SMILES string of the molecule is FC(F)(F)CCCCc1ccc(OCC(F)(F)F)cc1. The highest BCUT2D eigenvalue weighted by molar-refractivity contribution is 5.27. The standard InChI is InChI=1S/C13H14F6O/c14-12(15,16)8-2-1-3-10-4-6-11(7-5-10)20-9-13(17,18)19/h4-7H,1-3,8-9H2. The van der Waals surface area contributed by atoms with Gasteiger partial charge in [-0.05, 0) is 37.0 Å². The van der Waals surface area contributed by atoms with E-state index in [0.29, 0.717) is 12.8 Å². The quantitative estimate of drug-likeness (QED) is 0.536. The van der Waals surface area contributed by atoms with Crippen LogP contribution in [0.3, 0.4) is 0 Å². The number of unbranched alkanes of at least 4 members (excludes halogenated alkanes) is 1. The van der Waals surface area contributed by atoms with Crippen LogP contribution in [0.25, 0.3) is 0 Å². The molecule has 1 rings (SSSR count). The Morgan fingerprint density at radius 3 is 1.90 bits per heavy atom. The van der Waals surface area contributed by atoms with Crippen LogP contribution < -0.4 is 4.74 Å². The molecule has 1 aromatic rings. The molecule has 0 aliphatic carbocycles. The monoisotopic (exact) mass is 300 g/mol. The fourth-order valence-electron chi connectivity index (χ4n) is 1.57. The number of hydrogen-bond acceptors (Lipinski definition) is 1. The second-order valence-electron chi connectivity index (χ2n) is 4.37. The van der Waals surface area contributed by atoms with Crippen LogP contribution >= 0.6 is 0 Å². The maximum atomic E-state index is 11.9. The predicted octanol–water partition coefficient (Wildman–Crippen LogP) is 4.90. The van der Waals surface area contributed by atoms with E-state index in [4.69, 9.17) is 0 Å². The van der Waals surface area contributed by atoms with Crippen molar-refractivity contribution in [1.82, 2.24) is 0 Å². The molecule has 1 nitrogen and oxygen atoms in total. The first-order valence-corrected chi connectivity index (χ1v) is 6.01. The predicted molar refractivity (Wildman–Crippen MR) is 61.6 cm³/mol. The van der Waals surface area contributed by atoms with Gasteiger partial charge in [0.05, 0.1) is 0 Å². The van der Waals surface area contributed by atoms with E-state index >= 15 is 0 Å². The zero-order valence-electron chi connectivity index (χ0n) is 10.5. The number of hydrogen-bond donors (Lipinski definition) is 0. The van der Waals surface area contributed by atoms with Crippen molar-refractivity contribution in [3.8, 4) is 5.75 Å². The van der Waals surface area contributed by atoms with Crippen molar-refractivity contribution in [2.45, 2.75) is 38.0 Å². The molecule has 20 heavy (non-hydrogen) atoms. The van der Waals surface area contributed by atoms with Gasteiger partial charge in [0.1, 0.15) is 5.75 Å². The Kier molecular flexibility index (Phi) is 5.71. The molecule has 0 saturated carbocycles. The van der Waals surface area contributed by atoms with Crippen molar-refractivity contribution in [2.24, 2.45) is 0 Å². The van der Waals surface area contributed by atoms with Crippen LogP contribution in [0.4, 0.5) is 26.3 Å². The number of halogens is 6. The van der Waals surface area contributed by atoms with Crippen LogP contribution in [0, 0.1) is 0 Å². The Morgan fingerprint density at radius 2 is 1.40 bits per heavy atom. The van der Waals surface area contributed by atoms with Gasteiger partial charge >= 0.3 is 12.4 Å². The molecule has 1 aromatic carbocycles. The van der Waals surface area contributed by atoms with E-state index in [0.717, 1.165) is 5.56 Å². The van der Waals surface area contributed by atoms with E-state index in [2.05, 4.69) is 4.74 Å². The largest absolute Gasteiger partial charge is 0.484 e. The third kappa shape index (κ3) is 7.91. The zero-order valence-corrected chi connectivity index (χ0v) is 10.5. The summed E-state index contributed by atoms with van der Waals surface area (Å²) in [5.74, 6) is 0.0846. The first-order chi connectivity index (χ1) is 9.16. The Hall–Kier alpha value is -1.40. The van der Waals surface area contributed by atoms with Crippen LogP contribution in [0.1, 0.15) is 24.8 Å². The van der Waals surface area contributed by atoms with Crippen molar-refractivity contribution in [3.63, 3.8) is 0 Å². The van der Waals surface area contributed by atoms with Gasteiger partial charge < -0.3 is 4.74 Å². The third-order valence-electron chi connectivity index (χ3n) is 2.50. The lowest BCUT2D eigenvalue weighted by Gasteiger charge is -2.09. The van der Waals surface area contributed by atoms with Crippen molar-refractivity contribution in [3.05, 3.63) is 29.8 Å². The summed E-state index contributed by atoms with van der Waals surface area (Å²) in [7, 11) is 0. The summed E-state index contributed by atoms with van der Waals surface area (Å²) >= 11 is 0. The summed E-state index contributed by atoms with van der Waals surface area (Å²) in [4.78, 5) is 0.